The number of rotatable bonds is 7. The molecule has 2 aromatic carbocycles. The number of thiophene rings is 1. The van der Waals surface area contributed by atoms with Crippen LogP contribution in [-0.4, -0.2) is 41.2 Å². The monoisotopic (exact) mass is 480 g/mol. The van der Waals surface area contributed by atoms with Gasteiger partial charge in [-0.05, 0) is 54.8 Å². The Morgan fingerprint density at radius 2 is 1.82 bits per heavy atom. The van der Waals surface area contributed by atoms with E-state index < -0.39 is 35.5 Å². The molecule has 1 atom stereocenters. The summed E-state index contributed by atoms with van der Waals surface area (Å²) in [5.74, 6) is -2.96. The van der Waals surface area contributed by atoms with Gasteiger partial charge < -0.3 is 9.64 Å². The Hall–Kier alpha value is -3.85. The Labute approximate surface area is 199 Å². The highest BCUT2D eigenvalue weighted by Crippen LogP contribution is 2.29. The maximum Gasteiger partial charge on any atom is 0.338 e. The van der Waals surface area contributed by atoms with Crippen molar-refractivity contribution in [1.29, 1.82) is 0 Å². The fraction of sp³-hybridized carbons (Fsp3) is 0.200. The van der Waals surface area contributed by atoms with E-state index in [1.54, 1.807) is 19.1 Å². The number of esters is 1. The van der Waals surface area contributed by atoms with E-state index in [4.69, 9.17) is 4.74 Å². The molecule has 0 aliphatic carbocycles. The summed E-state index contributed by atoms with van der Waals surface area (Å²) in [6.45, 7) is 1.98. The van der Waals surface area contributed by atoms with Crippen LogP contribution < -0.4 is 4.90 Å². The molecule has 1 unspecified atom stereocenters. The zero-order valence-electron chi connectivity index (χ0n) is 18.3. The predicted octanol–water partition coefficient (Wildman–Crippen LogP) is 4.04. The van der Waals surface area contributed by atoms with Crippen LogP contribution in [0.25, 0.3) is 0 Å². The number of carbonyl (C=O) groups is 4. The first kappa shape index (κ1) is 23.3. The molecule has 0 N–H and O–H groups in total. The number of benzene rings is 2. The first-order valence-corrected chi connectivity index (χ1v) is 11.5. The first-order chi connectivity index (χ1) is 16.4. The van der Waals surface area contributed by atoms with Crippen LogP contribution >= 0.6 is 11.3 Å². The fourth-order valence-corrected chi connectivity index (χ4v) is 4.48. The summed E-state index contributed by atoms with van der Waals surface area (Å²) in [6, 6.07) is 14.0. The summed E-state index contributed by atoms with van der Waals surface area (Å²) >= 11 is 1.39. The van der Waals surface area contributed by atoms with Gasteiger partial charge in [-0.3, -0.25) is 14.4 Å². The number of hydrogen-bond acceptors (Lipinski definition) is 6. The van der Waals surface area contributed by atoms with Gasteiger partial charge in [-0.2, -0.15) is 0 Å². The largest absolute Gasteiger partial charge is 0.462 e. The molecule has 3 amide bonds. The molecule has 0 radical (unpaired) electrons. The van der Waals surface area contributed by atoms with Gasteiger partial charge in [0.15, 0.2) is 0 Å². The van der Waals surface area contributed by atoms with Crippen molar-refractivity contribution in [2.75, 3.05) is 11.5 Å². The smallest absolute Gasteiger partial charge is 0.338 e. The Kier molecular flexibility index (Phi) is 6.83. The molecule has 34 heavy (non-hydrogen) atoms. The van der Waals surface area contributed by atoms with Gasteiger partial charge in [0, 0.05) is 4.88 Å². The van der Waals surface area contributed by atoms with E-state index in [0.29, 0.717) is 0 Å². The van der Waals surface area contributed by atoms with Crippen molar-refractivity contribution in [2.24, 2.45) is 0 Å². The van der Waals surface area contributed by atoms with Crippen molar-refractivity contribution in [3.05, 3.63) is 87.9 Å². The minimum Gasteiger partial charge on any atom is -0.462 e. The quantitative estimate of drug-likeness (QED) is 0.377. The molecule has 0 spiro atoms. The van der Waals surface area contributed by atoms with Crippen LogP contribution in [0.4, 0.5) is 10.1 Å². The molecule has 0 saturated carbocycles. The first-order valence-electron chi connectivity index (χ1n) is 10.6. The van der Waals surface area contributed by atoms with Crippen LogP contribution in [0.2, 0.25) is 0 Å². The summed E-state index contributed by atoms with van der Waals surface area (Å²) in [7, 11) is 0. The highest BCUT2D eigenvalue weighted by molar-refractivity contribution is 7.09. The van der Waals surface area contributed by atoms with Crippen molar-refractivity contribution in [3.8, 4) is 0 Å². The Balaban J connectivity index is 1.63. The van der Waals surface area contributed by atoms with Crippen LogP contribution in [-0.2, 0) is 20.9 Å². The molecule has 0 bridgehead atoms. The zero-order valence-corrected chi connectivity index (χ0v) is 19.1. The predicted molar refractivity (Wildman–Crippen MR) is 124 cm³/mol. The number of carbonyl (C=O) groups excluding carboxylic acids is 4. The van der Waals surface area contributed by atoms with E-state index in [-0.39, 0.29) is 36.4 Å². The lowest BCUT2D eigenvalue weighted by molar-refractivity contribution is -0.122. The lowest BCUT2D eigenvalue weighted by atomic mass is 10.1. The number of halogens is 1. The zero-order chi connectivity index (χ0) is 24.2. The minimum atomic E-state index is -1.09. The van der Waals surface area contributed by atoms with E-state index >= 15 is 0 Å². The maximum atomic E-state index is 14.4. The highest BCUT2D eigenvalue weighted by atomic mass is 32.1. The molecular formula is C25H21FN2O5S. The average molecular weight is 481 g/mol. The number of amides is 3. The van der Waals surface area contributed by atoms with Gasteiger partial charge in [0.05, 0.1) is 36.4 Å². The molecule has 9 heteroatoms. The number of anilines is 1. The third-order valence-electron chi connectivity index (χ3n) is 5.41. The van der Waals surface area contributed by atoms with Crippen molar-refractivity contribution in [3.63, 3.8) is 0 Å². The molecule has 174 valence electrons. The van der Waals surface area contributed by atoms with Gasteiger partial charge >= 0.3 is 5.97 Å². The van der Waals surface area contributed by atoms with Crippen LogP contribution in [0, 0.1) is 5.82 Å². The number of ether oxygens (including phenoxy) is 1. The molecule has 3 aromatic rings. The third-order valence-corrected chi connectivity index (χ3v) is 6.27. The van der Waals surface area contributed by atoms with E-state index in [1.165, 1.54) is 58.7 Å². The van der Waals surface area contributed by atoms with Gasteiger partial charge in [-0.25, -0.2) is 14.1 Å². The van der Waals surface area contributed by atoms with Gasteiger partial charge in [-0.1, -0.05) is 18.2 Å². The second-order valence-electron chi connectivity index (χ2n) is 7.55. The highest BCUT2D eigenvalue weighted by Gasteiger charge is 2.45. The van der Waals surface area contributed by atoms with Crippen molar-refractivity contribution in [1.82, 2.24) is 4.90 Å². The van der Waals surface area contributed by atoms with Gasteiger partial charge in [0.25, 0.3) is 11.8 Å². The molecule has 1 aromatic heterocycles. The SMILES string of the molecule is CCOC(=O)c1ccc(N2C(=O)CC(N(Cc3cccs3)C(=O)c3ccccc3F)C2=O)cc1. The number of imide groups is 1. The molecule has 7 nitrogen and oxygen atoms in total. The number of nitrogens with zero attached hydrogens (tertiary/aromatic N) is 2. The lowest BCUT2D eigenvalue weighted by Crippen LogP contribution is -2.45. The van der Waals surface area contributed by atoms with Gasteiger partial charge in [-0.15, -0.1) is 11.3 Å². The molecular weight excluding hydrogens is 459 g/mol. The van der Waals surface area contributed by atoms with Crippen molar-refractivity contribution in [2.45, 2.75) is 25.9 Å². The maximum absolute atomic E-state index is 14.4. The molecule has 2 heterocycles. The van der Waals surface area contributed by atoms with Crippen molar-refractivity contribution >= 4 is 40.7 Å². The molecule has 1 saturated heterocycles. The minimum absolute atomic E-state index is 0.0597. The molecule has 4 rings (SSSR count). The average Bonchev–Trinajstić information content (AvgIpc) is 3.45. The second kappa shape index (κ2) is 9.96. The van der Waals surface area contributed by atoms with Crippen LogP contribution in [0.15, 0.2) is 66.0 Å². The van der Waals surface area contributed by atoms with Gasteiger partial charge in [0.2, 0.25) is 5.91 Å². The second-order valence-corrected chi connectivity index (χ2v) is 8.58. The summed E-state index contributed by atoms with van der Waals surface area (Å²) in [5, 5.41) is 1.83. The van der Waals surface area contributed by atoms with E-state index in [0.717, 1.165) is 9.78 Å². The standard InChI is InChI=1S/C25H21FN2O5S/c1-2-33-25(32)16-9-11-17(12-10-16)28-22(29)14-21(24(28)31)27(15-18-6-5-13-34-18)23(30)19-7-3-4-8-20(19)26/h3-13,21H,2,14-15H2,1H3. The van der Waals surface area contributed by atoms with E-state index in [2.05, 4.69) is 0 Å². The van der Waals surface area contributed by atoms with Crippen LogP contribution in [0.5, 0.6) is 0 Å². The Bertz CT molecular complexity index is 1230. The van der Waals surface area contributed by atoms with E-state index in [1.807, 2.05) is 11.4 Å². The van der Waals surface area contributed by atoms with Gasteiger partial charge in [0.1, 0.15) is 11.9 Å². The molecule has 1 fully saturated rings. The Morgan fingerprint density at radius 3 is 2.47 bits per heavy atom. The van der Waals surface area contributed by atoms with Crippen LogP contribution in [0.3, 0.4) is 0 Å². The Morgan fingerprint density at radius 1 is 1.09 bits per heavy atom. The lowest BCUT2D eigenvalue weighted by Gasteiger charge is -2.27. The summed E-state index contributed by atoms with van der Waals surface area (Å²) in [6.07, 6.45) is -0.232. The topological polar surface area (TPSA) is 84.0 Å². The normalized spacial score (nSPS) is 15.5. The van der Waals surface area contributed by atoms with Crippen LogP contribution in [0.1, 0.15) is 38.9 Å². The molecule has 1 aliphatic rings. The summed E-state index contributed by atoms with van der Waals surface area (Å²) in [4.78, 5) is 54.5. The summed E-state index contributed by atoms with van der Waals surface area (Å²) < 4.78 is 19.3. The third kappa shape index (κ3) is 4.60. The van der Waals surface area contributed by atoms with Crippen molar-refractivity contribution < 1.29 is 28.3 Å². The number of hydrogen-bond donors (Lipinski definition) is 0. The van der Waals surface area contributed by atoms with E-state index in [9.17, 15) is 23.6 Å². The molecule has 1 aliphatic heterocycles. The fourth-order valence-electron chi connectivity index (χ4n) is 3.78. The summed E-state index contributed by atoms with van der Waals surface area (Å²) in [5.41, 5.74) is 0.395.